The summed E-state index contributed by atoms with van der Waals surface area (Å²) in [5.41, 5.74) is 0.768. The highest BCUT2D eigenvalue weighted by atomic mass is 32.2. The minimum Gasteiger partial charge on any atom is -0.466 e. The molecule has 2 rings (SSSR count). The van der Waals surface area contributed by atoms with E-state index >= 15 is 0 Å². The fraction of sp³-hybridized carbons (Fsp3) is 0.538. The number of nitrogens with one attached hydrogen (secondary N) is 1. The lowest BCUT2D eigenvalue weighted by Gasteiger charge is -2.03. The Hall–Kier alpha value is -1.63. The van der Waals surface area contributed by atoms with Crippen molar-refractivity contribution in [2.24, 2.45) is 0 Å². The Balaban J connectivity index is 1.66. The predicted octanol–water partition coefficient (Wildman–Crippen LogP) is 2.57. The molecule has 0 bridgehead atoms. The second kappa shape index (κ2) is 7.84. The smallest absolute Gasteiger partial charge is 0.305 e. The molecule has 0 aliphatic rings. The molecule has 20 heavy (non-hydrogen) atoms. The number of esters is 1. The van der Waals surface area contributed by atoms with Gasteiger partial charge in [-0.1, -0.05) is 6.42 Å². The van der Waals surface area contributed by atoms with Crippen LogP contribution in [0.1, 0.15) is 32.6 Å². The second-order valence-corrected chi connectivity index (χ2v) is 5.36. The molecular formula is C13H18N4O2S. The molecule has 0 saturated heterocycles. The van der Waals surface area contributed by atoms with Gasteiger partial charge in [0.05, 0.1) is 18.2 Å². The number of carbonyl (C=O) groups excluding carboxylic acids is 1. The number of aromatic amines is 1. The molecule has 2 aromatic rings. The van der Waals surface area contributed by atoms with E-state index in [0.29, 0.717) is 13.0 Å². The van der Waals surface area contributed by atoms with E-state index in [1.165, 1.54) is 0 Å². The summed E-state index contributed by atoms with van der Waals surface area (Å²) < 4.78 is 4.89. The van der Waals surface area contributed by atoms with Gasteiger partial charge in [-0.05, 0) is 25.5 Å². The number of carbonyl (C=O) groups is 1. The first-order valence-corrected chi connectivity index (χ1v) is 7.72. The van der Waals surface area contributed by atoms with Crippen LogP contribution in [0, 0.1) is 0 Å². The van der Waals surface area contributed by atoms with E-state index in [1.54, 1.807) is 24.3 Å². The van der Waals surface area contributed by atoms with Gasteiger partial charge in [-0.2, -0.15) is 5.10 Å². The fourth-order valence-corrected chi connectivity index (χ4v) is 2.78. The number of hydrogen-bond donors (Lipinski definition) is 1. The Labute approximate surface area is 121 Å². The van der Waals surface area contributed by atoms with Gasteiger partial charge in [-0.15, -0.1) is 11.8 Å². The van der Waals surface area contributed by atoms with Crippen molar-refractivity contribution < 1.29 is 9.53 Å². The zero-order valence-corrected chi connectivity index (χ0v) is 12.3. The van der Waals surface area contributed by atoms with Gasteiger partial charge in [-0.3, -0.25) is 9.89 Å². The van der Waals surface area contributed by atoms with Crippen LogP contribution in [0.25, 0.3) is 11.0 Å². The van der Waals surface area contributed by atoms with E-state index in [4.69, 9.17) is 4.74 Å². The summed E-state index contributed by atoms with van der Waals surface area (Å²) in [6.07, 6.45) is 6.75. The SMILES string of the molecule is CCOC(=O)CCCCCSc1ncnc2[nH]ncc12. The van der Waals surface area contributed by atoms with Crippen LogP contribution < -0.4 is 0 Å². The van der Waals surface area contributed by atoms with Crippen molar-refractivity contribution in [1.82, 2.24) is 20.2 Å². The van der Waals surface area contributed by atoms with Gasteiger partial charge in [0.25, 0.3) is 0 Å². The van der Waals surface area contributed by atoms with Crippen molar-refractivity contribution in [1.29, 1.82) is 0 Å². The van der Waals surface area contributed by atoms with Crippen LogP contribution in [-0.4, -0.2) is 38.5 Å². The van der Waals surface area contributed by atoms with E-state index < -0.39 is 0 Å². The predicted molar refractivity (Wildman–Crippen MR) is 77.5 cm³/mol. The third-order valence-corrected chi connectivity index (χ3v) is 3.87. The van der Waals surface area contributed by atoms with Crippen molar-refractivity contribution in [3.63, 3.8) is 0 Å². The highest BCUT2D eigenvalue weighted by Crippen LogP contribution is 2.23. The third-order valence-electron chi connectivity index (χ3n) is 2.78. The first kappa shape index (κ1) is 14.8. The van der Waals surface area contributed by atoms with Crippen LogP contribution in [0.5, 0.6) is 0 Å². The van der Waals surface area contributed by atoms with E-state index in [2.05, 4.69) is 20.2 Å². The lowest BCUT2D eigenvalue weighted by molar-refractivity contribution is -0.143. The second-order valence-electron chi connectivity index (χ2n) is 4.28. The number of ether oxygens (including phenoxy) is 1. The van der Waals surface area contributed by atoms with Crippen molar-refractivity contribution in [2.45, 2.75) is 37.6 Å². The number of H-pyrrole nitrogens is 1. The van der Waals surface area contributed by atoms with Gasteiger partial charge in [-0.25, -0.2) is 9.97 Å². The van der Waals surface area contributed by atoms with Crippen molar-refractivity contribution in [2.75, 3.05) is 12.4 Å². The molecule has 108 valence electrons. The summed E-state index contributed by atoms with van der Waals surface area (Å²) in [7, 11) is 0. The van der Waals surface area contributed by atoms with Crippen LogP contribution in [0.15, 0.2) is 17.6 Å². The van der Waals surface area contributed by atoms with Crippen LogP contribution in [0.2, 0.25) is 0 Å². The molecule has 7 heteroatoms. The molecule has 0 unspecified atom stereocenters. The monoisotopic (exact) mass is 294 g/mol. The number of aromatic nitrogens is 4. The average Bonchev–Trinajstić information content (AvgIpc) is 2.92. The molecule has 0 atom stereocenters. The van der Waals surface area contributed by atoms with Crippen LogP contribution in [-0.2, 0) is 9.53 Å². The van der Waals surface area contributed by atoms with Gasteiger partial charge < -0.3 is 4.74 Å². The number of hydrogen-bond acceptors (Lipinski definition) is 6. The maximum atomic E-state index is 11.2. The molecule has 6 nitrogen and oxygen atoms in total. The van der Waals surface area contributed by atoms with Crippen LogP contribution in [0.4, 0.5) is 0 Å². The topological polar surface area (TPSA) is 80.8 Å². The third kappa shape index (κ3) is 4.19. The molecule has 0 saturated carbocycles. The number of rotatable bonds is 8. The van der Waals surface area contributed by atoms with Gasteiger partial charge >= 0.3 is 5.97 Å². The number of unbranched alkanes of at least 4 members (excludes halogenated alkanes) is 2. The largest absolute Gasteiger partial charge is 0.466 e. The Morgan fingerprint density at radius 2 is 2.25 bits per heavy atom. The molecule has 2 aromatic heterocycles. The summed E-state index contributed by atoms with van der Waals surface area (Å²) in [5.74, 6) is 0.871. The van der Waals surface area contributed by atoms with Crippen molar-refractivity contribution in [3.8, 4) is 0 Å². The Kier molecular flexibility index (Phi) is 5.79. The summed E-state index contributed by atoms with van der Waals surface area (Å²) >= 11 is 1.70. The quantitative estimate of drug-likeness (QED) is 0.349. The van der Waals surface area contributed by atoms with Crippen LogP contribution in [0.3, 0.4) is 0 Å². The summed E-state index contributed by atoms with van der Waals surface area (Å²) in [6, 6.07) is 0. The summed E-state index contributed by atoms with van der Waals surface area (Å²) in [5, 5.41) is 8.71. The highest BCUT2D eigenvalue weighted by molar-refractivity contribution is 7.99. The zero-order valence-electron chi connectivity index (χ0n) is 11.5. The highest BCUT2D eigenvalue weighted by Gasteiger charge is 2.06. The van der Waals surface area contributed by atoms with Gasteiger partial charge in [0.15, 0.2) is 5.65 Å². The van der Waals surface area contributed by atoms with E-state index in [9.17, 15) is 4.79 Å². The minimum absolute atomic E-state index is 0.101. The lowest BCUT2D eigenvalue weighted by Crippen LogP contribution is -2.03. The Morgan fingerprint density at radius 1 is 1.35 bits per heavy atom. The Morgan fingerprint density at radius 3 is 3.10 bits per heavy atom. The zero-order chi connectivity index (χ0) is 14.2. The normalized spacial score (nSPS) is 10.8. The van der Waals surface area contributed by atoms with E-state index in [-0.39, 0.29) is 5.97 Å². The van der Waals surface area contributed by atoms with Crippen LogP contribution >= 0.6 is 11.8 Å². The molecular weight excluding hydrogens is 276 g/mol. The summed E-state index contributed by atoms with van der Waals surface area (Å²) in [6.45, 7) is 2.29. The molecule has 0 radical (unpaired) electrons. The maximum absolute atomic E-state index is 11.2. The molecule has 1 N–H and O–H groups in total. The summed E-state index contributed by atoms with van der Waals surface area (Å²) in [4.78, 5) is 19.5. The van der Waals surface area contributed by atoms with E-state index in [1.807, 2.05) is 6.92 Å². The molecule has 2 heterocycles. The minimum atomic E-state index is -0.101. The molecule has 0 aliphatic heterocycles. The molecule has 0 fully saturated rings. The Bertz CT molecular complexity index is 558. The molecule has 0 aliphatic carbocycles. The average molecular weight is 294 g/mol. The fourth-order valence-electron chi connectivity index (χ4n) is 1.81. The number of fused-ring (bicyclic) bond motifs is 1. The standard InChI is InChI=1S/C13H18N4O2S/c1-2-19-11(18)6-4-3-5-7-20-13-10-8-16-17-12(10)14-9-15-13/h8-9H,2-7H2,1H3,(H,14,15,16,17). The van der Waals surface area contributed by atoms with Gasteiger partial charge in [0.2, 0.25) is 0 Å². The van der Waals surface area contributed by atoms with Gasteiger partial charge in [0, 0.05) is 6.42 Å². The van der Waals surface area contributed by atoms with Crippen molar-refractivity contribution >= 4 is 28.8 Å². The van der Waals surface area contributed by atoms with Crippen molar-refractivity contribution in [3.05, 3.63) is 12.5 Å². The molecule has 0 amide bonds. The maximum Gasteiger partial charge on any atom is 0.305 e. The lowest BCUT2D eigenvalue weighted by atomic mass is 10.2. The first-order valence-electron chi connectivity index (χ1n) is 6.73. The molecule has 0 aromatic carbocycles. The number of thioether (sulfide) groups is 1. The number of nitrogens with zero attached hydrogens (tertiary/aromatic N) is 3. The van der Waals surface area contributed by atoms with E-state index in [0.717, 1.165) is 41.1 Å². The van der Waals surface area contributed by atoms with Gasteiger partial charge in [0.1, 0.15) is 11.4 Å². The molecule has 0 spiro atoms. The first-order chi connectivity index (χ1) is 9.81.